The quantitative estimate of drug-likeness (QED) is 0.350. The number of ether oxygens (including phenoxy) is 2. The maximum absolute atomic E-state index is 14.8. The van der Waals surface area contributed by atoms with Crippen molar-refractivity contribution in [3.05, 3.63) is 58.5 Å². The Bertz CT molecular complexity index is 1500. The number of methoxy groups -OCH3 is 2. The minimum absolute atomic E-state index is 0.00967. The first kappa shape index (κ1) is 25.3. The second-order valence-electron chi connectivity index (χ2n) is 9.25. The SMILES string of the molecule is COC(=O)CCCc1nc2cc([C@]3(CN4Cc5ccc(OC)c(F)c5C4=O)CC(=O)NC3=O)oc2cc1F. The lowest BCUT2D eigenvalue weighted by Gasteiger charge is -2.28. The van der Waals surface area contributed by atoms with Gasteiger partial charge in [0.15, 0.2) is 17.1 Å². The predicted octanol–water partition coefficient (Wildman–Crippen LogP) is 2.55. The number of amides is 3. The molecule has 3 amide bonds. The second kappa shape index (κ2) is 9.51. The molecule has 198 valence electrons. The van der Waals surface area contributed by atoms with Crippen LogP contribution in [0.4, 0.5) is 8.78 Å². The van der Waals surface area contributed by atoms with Crippen molar-refractivity contribution in [1.82, 2.24) is 15.2 Å². The number of aryl methyl sites for hydroxylation is 1. The Kier molecular flexibility index (Phi) is 6.33. The van der Waals surface area contributed by atoms with E-state index in [0.29, 0.717) is 12.0 Å². The third-order valence-corrected chi connectivity index (χ3v) is 6.91. The third-order valence-electron chi connectivity index (χ3n) is 6.91. The van der Waals surface area contributed by atoms with Crippen molar-refractivity contribution in [2.45, 2.75) is 37.6 Å². The van der Waals surface area contributed by atoms with Gasteiger partial charge in [-0.25, -0.2) is 13.8 Å². The molecule has 0 saturated carbocycles. The molecular formula is C26H23F2N3O7. The van der Waals surface area contributed by atoms with Crippen molar-refractivity contribution in [3.63, 3.8) is 0 Å². The molecular weight excluding hydrogens is 504 g/mol. The van der Waals surface area contributed by atoms with Crippen LogP contribution < -0.4 is 10.1 Å². The zero-order valence-electron chi connectivity index (χ0n) is 20.6. The van der Waals surface area contributed by atoms with Crippen LogP contribution >= 0.6 is 0 Å². The molecule has 1 atom stereocenters. The number of carbonyl (C=O) groups excluding carboxylic acids is 4. The van der Waals surface area contributed by atoms with Crippen LogP contribution in [0.3, 0.4) is 0 Å². The number of hydrogen-bond donors (Lipinski definition) is 1. The van der Waals surface area contributed by atoms with E-state index in [9.17, 15) is 28.0 Å². The summed E-state index contributed by atoms with van der Waals surface area (Å²) in [5.41, 5.74) is -0.977. The first-order valence-corrected chi connectivity index (χ1v) is 11.8. The number of esters is 1. The van der Waals surface area contributed by atoms with E-state index in [1.165, 1.54) is 31.3 Å². The van der Waals surface area contributed by atoms with E-state index in [2.05, 4.69) is 15.0 Å². The van der Waals surface area contributed by atoms with Gasteiger partial charge in [-0.05, 0) is 24.5 Å². The molecule has 5 rings (SSSR count). The Morgan fingerprint density at radius 2 is 2.00 bits per heavy atom. The number of imide groups is 1. The van der Waals surface area contributed by atoms with Gasteiger partial charge >= 0.3 is 5.97 Å². The highest BCUT2D eigenvalue weighted by atomic mass is 19.1. The summed E-state index contributed by atoms with van der Waals surface area (Å²) < 4.78 is 44.9. The lowest BCUT2D eigenvalue weighted by atomic mass is 9.82. The number of hydrogen-bond acceptors (Lipinski definition) is 8. The maximum atomic E-state index is 14.8. The van der Waals surface area contributed by atoms with Crippen molar-refractivity contribution >= 4 is 34.8 Å². The van der Waals surface area contributed by atoms with Gasteiger partial charge in [0, 0.05) is 31.6 Å². The van der Waals surface area contributed by atoms with Gasteiger partial charge in [0.1, 0.15) is 22.5 Å². The molecule has 2 aliphatic rings. The minimum Gasteiger partial charge on any atom is -0.494 e. The summed E-state index contributed by atoms with van der Waals surface area (Å²) in [4.78, 5) is 55.5. The Hall–Kier alpha value is -4.35. The molecule has 1 aromatic carbocycles. The number of nitrogens with zero attached hydrogens (tertiary/aromatic N) is 2. The maximum Gasteiger partial charge on any atom is 0.305 e. The summed E-state index contributed by atoms with van der Waals surface area (Å²) >= 11 is 0. The Morgan fingerprint density at radius 1 is 1.21 bits per heavy atom. The Labute approximate surface area is 214 Å². The molecule has 3 aromatic rings. The fraction of sp³-hybridized carbons (Fsp3) is 0.346. The molecule has 1 N–H and O–H groups in total. The summed E-state index contributed by atoms with van der Waals surface area (Å²) in [6.07, 6.45) is 0.242. The third kappa shape index (κ3) is 4.15. The Balaban J connectivity index is 1.48. The largest absolute Gasteiger partial charge is 0.494 e. The van der Waals surface area contributed by atoms with Gasteiger partial charge in [-0.3, -0.25) is 24.5 Å². The van der Waals surface area contributed by atoms with Crippen LogP contribution in [0.25, 0.3) is 11.1 Å². The van der Waals surface area contributed by atoms with Crippen molar-refractivity contribution in [3.8, 4) is 5.75 Å². The number of aromatic nitrogens is 1. The standard InChI is InChI=1S/C26H23F2N3O7/c1-36-17-7-6-13-11-31(24(34)22(13)23(17)28)12-26(10-20(32)30-25(26)35)19-9-16-18(38-19)8-14(27)15(29-16)4-3-5-21(33)37-2/h6-9H,3-5,10-12H2,1-2H3,(H,30,32,35)/t26-/m1/s1. The first-order valence-electron chi connectivity index (χ1n) is 11.8. The summed E-state index contributed by atoms with van der Waals surface area (Å²) in [5, 5.41) is 2.25. The van der Waals surface area contributed by atoms with Crippen molar-refractivity contribution in [2.75, 3.05) is 20.8 Å². The number of fused-ring (bicyclic) bond motifs is 2. The number of nitrogens with one attached hydrogen (secondary N) is 1. The number of rotatable bonds is 8. The monoisotopic (exact) mass is 527 g/mol. The fourth-order valence-corrected chi connectivity index (χ4v) is 4.95. The molecule has 12 heteroatoms. The average Bonchev–Trinajstić information content (AvgIpc) is 3.53. The molecule has 4 heterocycles. The topological polar surface area (TPSA) is 128 Å². The van der Waals surface area contributed by atoms with Crippen LogP contribution in [-0.2, 0) is 37.5 Å². The average molecular weight is 527 g/mol. The van der Waals surface area contributed by atoms with E-state index in [1.54, 1.807) is 6.07 Å². The predicted molar refractivity (Wildman–Crippen MR) is 126 cm³/mol. The van der Waals surface area contributed by atoms with E-state index in [0.717, 1.165) is 6.07 Å². The van der Waals surface area contributed by atoms with Crippen LogP contribution in [0, 0.1) is 11.6 Å². The van der Waals surface area contributed by atoms with Gasteiger partial charge < -0.3 is 18.8 Å². The number of furan rings is 1. The molecule has 0 spiro atoms. The number of halogens is 2. The molecule has 1 saturated heterocycles. The molecule has 1 fully saturated rings. The lowest BCUT2D eigenvalue weighted by Crippen LogP contribution is -2.46. The summed E-state index contributed by atoms with van der Waals surface area (Å²) in [5.74, 6) is -3.87. The molecule has 2 aromatic heterocycles. The van der Waals surface area contributed by atoms with Crippen LogP contribution in [0.2, 0.25) is 0 Å². The highest BCUT2D eigenvalue weighted by Gasteiger charge is 2.53. The highest BCUT2D eigenvalue weighted by molar-refractivity contribution is 6.10. The van der Waals surface area contributed by atoms with Gasteiger partial charge in [0.05, 0.1) is 31.9 Å². The highest BCUT2D eigenvalue weighted by Crippen LogP contribution is 2.39. The van der Waals surface area contributed by atoms with Gasteiger partial charge in [0.25, 0.3) is 5.91 Å². The van der Waals surface area contributed by atoms with Crippen molar-refractivity contribution < 1.29 is 41.8 Å². The van der Waals surface area contributed by atoms with E-state index in [4.69, 9.17) is 9.15 Å². The van der Waals surface area contributed by atoms with Crippen LogP contribution in [0.1, 0.15) is 46.6 Å². The van der Waals surface area contributed by atoms with Crippen LogP contribution in [0.5, 0.6) is 5.75 Å². The van der Waals surface area contributed by atoms with E-state index >= 15 is 0 Å². The molecule has 0 radical (unpaired) electrons. The molecule has 0 unspecified atom stereocenters. The Morgan fingerprint density at radius 3 is 2.68 bits per heavy atom. The zero-order chi connectivity index (χ0) is 27.2. The first-order chi connectivity index (χ1) is 18.2. The molecule has 38 heavy (non-hydrogen) atoms. The van der Waals surface area contributed by atoms with E-state index in [-0.39, 0.29) is 66.2 Å². The van der Waals surface area contributed by atoms with E-state index < -0.39 is 40.7 Å². The van der Waals surface area contributed by atoms with Gasteiger partial charge in [-0.2, -0.15) is 0 Å². The van der Waals surface area contributed by atoms with Crippen LogP contribution in [-0.4, -0.2) is 54.3 Å². The van der Waals surface area contributed by atoms with Crippen molar-refractivity contribution in [2.24, 2.45) is 0 Å². The minimum atomic E-state index is -1.63. The zero-order valence-corrected chi connectivity index (χ0v) is 20.6. The number of carbonyl (C=O) groups is 4. The normalized spacial score (nSPS) is 18.7. The van der Waals surface area contributed by atoms with Crippen molar-refractivity contribution in [1.29, 1.82) is 0 Å². The number of benzene rings is 1. The van der Waals surface area contributed by atoms with Gasteiger partial charge in [0.2, 0.25) is 11.8 Å². The molecule has 0 aliphatic carbocycles. The summed E-state index contributed by atoms with van der Waals surface area (Å²) in [6.45, 7) is -0.274. The number of pyridine rings is 1. The molecule has 2 aliphatic heterocycles. The lowest BCUT2D eigenvalue weighted by molar-refractivity contribution is -0.140. The fourth-order valence-electron chi connectivity index (χ4n) is 4.95. The van der Waals surface area contributed by atoms with Crippen LogP contribution in [0.15, 0.2) is 28.7 Å². The summed E-state index contributed by atoms with van der Waals surface area (Å²) in [6, 6.07) is 5.54. The molecule has 10 nitrogen and oxygen atoms in total. The van der Waals surface area contributed by atoms with E-state index in [1.807, 2.05) is 0 Å². The van der Waals surface area contributed by atoms with Gasteiger partial charge in [-0.15, -0.1) is 0 Å². The van der Waals surface area contributed by atoms with Gasteiger partial charge in [-0.1, -0.05) is 6.07 Å². The molecule has 0 bridgehead atoms. The second-order valence-corrected chi connectivity index (χ2v) is 9.25. The summed E-state index contributed by atoms with van der Waals surface area (Å²) in [7, 11) is 2.55. The smallest absolute Gasteiger partial charge is 0.305 e.